The highest BCUT2D eigenvalue weighted by Crippen LogP contribution is 2.39. The van der Waals surface area contributed by atoms with Crippen LogP contribution in [-0.4, -0.2) is 17.6 Å². The summed E-state index contributed by atoms with van der Waals surface area (Å²) < 4.78 is 0. The maximum atomic E-state index is 6.03. The number of aromatic nitrogens is 1. The summed E-state index contributed by atoms with van der Waals surface area (Å²) in [6, 6.07) is 4.57. The van der Waals surface area contributed by atoms with Crippen LogP contribution in [0.3, 0.4) is 0 Å². The van der Waals surface area contributed by atoms with Gasteiger partial charge in [0.25, 0.3) is 0 Å². The summed E-state index contributed by atoms with van der Waals surface area (Å²) in [6.45, 7) is 1.13. The predicted molar refractivity (Wildman–Crippen MR) is 66.4 cm³/mol. The topological polar surface area (TPSA) is 42.1 Å². The molecule has 0 bridgehead atoms. The average molecular weight is 217 g/mol. The number of pyridine rings is 1. The Hall–Kier alpha value is -1.25. The van der Waals surface area contributed by atoms with Gasteiger partial charge in [-0.2, -0.15) is 0 Å². The van der Waals surface area contributed by atoms with Crippen LogP contribution in [-0.2, 0) is 0 Å². The van der Waals surface area contributed by atoms with Gasteiger partial charge in [-0.25, -0.2) is 4.98 Å². The third kappa shape index (κ3) is 1.55. The fourth-order valence-corrected chi connectivity index (χ4v) is 3.37. The standard InChI is InChI=1S/C13H19N3/c14-11-6-2-8-15-13(11)16-9-3-5-10-4-1-7-12(10)16/h2,6,8,10,12H,1,3-5,7,9,14H2. The molecule has 86 valence electrons. The molecule has 3 heteroatoms. The van der Waals surface area contributed by atoms with Crippen LogP contribution in [0.15, 0.2) is 18.3 Å². The van der Waals surface area contributed by atoms with Gasteiger partial charge in [0.05, 0.1) is 5.69 Å². The number of hydrogen-bond donors (Lipinski definition) is 1. The van der Waals surface area contributed by atoms with Crippen LogP contribution < -0.4 is 10.6 Å². The molecule has 3 nitrogen and oxygen atoms in total. The lowest BCUT2D eigenvalue weighted by Gasteiger charge is -2.39. The monoisotopic (exact) mass is 217 g/mol. The van der Waals surface area contributed by atoms with Crippen LogP contribution >= 0.6 is 0 Å². The molecule has 1 aromatic rings. The van der Waals surface area contributed by atoms with Gasteiger partial charge in [-0.05, 0) is 43.7 Å². The molecule has 2 heterocycles. The molecule has 0 spiro atoms. The lowest BCUT2D eigenvalue weighted by molar-refractivity contribution is 0.361. The average Bonchev–Trinajstić information content (AvgIpc) is 2.77. The summed E-state index contributed by atoms with van der Waals surface area (Å²) >= 11 is 0. The minimum absolute atomic E-state index is 0.700. The summed E-state index contributed by atoms with van der Waals surface area (Å²) in [5.41, 5.74) is 6.86. The molecule has 0 amide bonds. The van der Waals surface area contributed by atoms with Gasteiger partial charge in [-0.1, -0.05) is 6.42 Å². The maximum Gasteiger partial charge on any atom is 0.152 e. The van der Waals surface area contributed by atoms with Gasteiger partial charge in [0.15, 0.2) is 5.82 Å². The quantitative estimate of drug-likeness (QED) is 0.785. The van der Waals surface area contributed by atoms with Crippen molar-refractivity contribution >= 4 is 11.5 Å². The van der Waals surface area contributed by atoms with E-state index < -0.39 is 0 Å². The van der Waals surface area contributed by atoms with Crippen molar-refractivity contribution in [2.24, 2.45) is 5.92 Å². The molecule has 1 aliphatic heterocycles. The molecule has 1 saturated carbocycles. The van der Waals surface area contributed by atoms with E-state index in [4.69, 9.17) is 5.73 Å². The van der Waals surface area contributed by atoms with Gasteiger partial charge in [-0.15, -0.1) is 0 Å². The Morgan fingerprint density at radius 1 is 1.25 bits per heavy atom. The molecule has 0 radical (unpaired) electrons. The van der Waals surface area contributed by atoms with Crippen LogP contribution in [0.4, 0.5) is 11.5 Å². The Balaban J connectivity index is 1.91. The van der Waals surface area contributed by atoms with Gasteiger partial charge in [0.1, 0.15) is 0 Å². The summed E-state index contributed by atoms with van der Waals surface area (Å²) in [5, 5.41) is 0. The lowest BCUT2D eigenvalue weighted by atomic mass is 9.92. The highest BCUT2D eigenvalue weighted by Gasteiger charge is 2.35. The van der Waals surface area contributed by atoms with Crippen molar-refractivity contribution in [1.82, 2.24) is 4.98 Å². The molecule has 2 fully saturated rings. The smallest absolute Gasteiger partial charge is 0.152 e. The Morgan fingerprint density at radius 3 is 3.00 bits per heavy atom. The number of nitrogen functional groups attached to an aromatic ring is 1. The zero-order chi connectivity index (χ0) is 11.0. The molecular weight excluding hydrogens is 198 g/mol. The first-order valence-electron chi connectivity index (χ1n) is 6.33. The van der Waals surface area contributed by atoms with Crippen LogP contribution in [0.2, 0.25) is 0 Å². The summed E-state index contributed by atoms with van der Waals surface area (Å²) in [7, 11) is 0. The molecule has 2 unspecified atom stereocenters. The van der Waals surface area contributed by atoms with Gasteiger partial charge in [0, 0.05) is 18.8 Å². The number of piperidine rings is 1. The van der Waals surface area contributed by atoms with E-state index >= 15 is 0 Å². The Labute approximate surface area is 96.7 Å². The third-order valence-corrected chi connectivity index (χ3v) is 4.08. The number of nitrogens with two attached hydrogens (primary N) is 1. The Kier molecular flexibility index (Phi) is 2.46. The number of rotatable bonds is 1. The summed E-state index contributed by atoms with van der Waals surface area (Å²) in [6.07, 6.45) is 8.63. The number of anilines is 2. The Morgan fingerprint density at radius 2 is 2.12 bits per heavy atom. The molecule has 3 rings (SSSR count). The second kappa shape index (κ2) is 3.96. The van der Waals surface area contributed by atoms with E-state index in [1.165, 1.54) is 32.1 Å². The normalized spacial score (nSPS) is 29.1. The second-order valence-corrected chi connectivity index (χ2v) is 5.01. The van der Waals surface area contributed by atoms with Crippen molar-refractivity contribution in [2.45, 2.75) is 38.1 Å². The molecule has 1 aromatic heterocycles. The third-order valence-electron chi connectivity index (χ3n) is 4.08. The first-order chi connectivity index (χ1) is 7.86. The zero-order valence-corrected chi connectivity index (χ0v) is 9.60. The van der Waals surface area contributed by atoms with E-state index in [0.717, 1.165) is 24.0 Å². The molecule has 0 aromatic carbocycles. The van der Waals surface area contributed by atoms with E-state index in [9.17, 15) is 0 Å². The van der Waals surface area contributed by atoms with E-state index in [1.54, 1.807) is 0 Å². The van der Waals surface area contributed by atoms with Crippen molar-refractivity contribution in [2.75, 3.05) is 17.2 Å². The fraction of sp³-hybridized carbons (Fsp3) is 0.615. The highest BCUT2D eigenvalue weighted by atomic mass is 15.2. The highest BCUT2D eigenvalue weighted by molar-refractivity contribution is 5.63. The molecular formula is C13H19N3. The van der Waals surface area contributed by atoms with Crippen molar-refractivity contribution in [3.8, 4) is 0 Å². The first kappa shape index (κ1) is 9.94. The van der Waals surface area contributed by atoms with Crippen molar-refractivity contribution in [3.63, 3.8) is 0 Å². The van der Waals surface area contributed by atoms with Gasteiger partial charge in [-0.3, -0.25) is 0 Å². The minimum Gasteiger partial charge on any atom is -0.396 e. The first-order valence-corrected chi connectivity index (χ1v) is 6.33. The van der Waals surface area contributed by atoms with Gasteiger partial charge in [0.2, 0.25) is 0 Å². The Bertz CT molecular complexity index is 377. The van der Waals surface area contributed by atoms with Crippen LogP contribution in [0.25, 0.3) is 0 Å². The number of nitrogens with zero attached hydrogens (tertiary/aromatic N) is 2. The summed E-state index contributed by atoms with van der Waals surface area (Å²) in [5.74, 6) is 1.90. The minimum atomic E-state index is 0.700. The van der Waals surface area contributed by atoms with Crippen molar-refractivity contribution < 1.29 is 0 Å². The van der Waals surface area contributed by atoms with E-state index in [2.05, 4.69) is 9.88 Å². The van der Waals surface area contributed by atoms with E-state index in [1.807, 2.05) is 18.3 Å². The second-order valence-electron chi connectivity index (χ2n) is 5.01. The van der Waals surface area contributed by atoms with Crippen molar-refractivity contribution in [1.29, 1.82) is 0 Å². The lowest BCUT2D eigenvalue weighted by Crippen LogP contribution is -2.43. The molecule has 1 aliphatic carbocycles. The van der Waals surface area contributed by atoms with Crippen LogP contribution in [0, 0.1) is 5.92 Å². The summed E-state index contributed by atoms with van der Waals surface area (Å²) in [4.78, 5) is 6.92. The van der Waals surface area contributed by atoms with Gasteiger partial charge < -0.3 is 10.6 Å². The number of fused-ring (bicyclic) bond motifs is 1. The molecule has 2 atom stereocenters. The van der Waals surface area contributed by atoms with E-state index in [0.29, 0.717) is 6.04 Å². The maximum absolute atomic E-state index is 6.03. The number of hydrogen-bond acceptors (Lipinski definition) is 3. The van der Waals surface area contributed by atoms with E-state index in [-0.39, 0.29) is 0 Å². The van der Waals surface area contributed by atoms with Crippen LogP contribution in [0.5, 0.6) is 0 Å². The van der Waals surface area contributed by atoms with Gasteiger partial charge >= 0.3 is 0 Å². The SMILES string of the molecule is Nc1cccnc1N1CCCC2CCCC21. The fourth-order valence-electron chi connectivity index (χ4n) is 3.37. The largest absolute Gasteiger partial charge is 0.396 e. The molecule has 1 saturated heterocycles. The zero-order valence-electron chi connectivity index (χ0n) is 9.60. The molecule has 2 N–H and O–H groups in total. The predicted octanol–water partition coefficient (Wildman–Crippen LogP) is 2.43. The molecule has 16 heavy (non-hydrogen) atoms. The molecule has 2 aliphatic rings. The van der Waals surface area contributed by atoms with Crippen molar-refractivity contribution in [3.05, 3.63) is 18.3 Å². The van der Waals surface area contributed by atoms with Crippen LogP contribution in [0.1, 0.15) is 32.1 Å².